The Hall–Kier alpha value is -2.61. The van der Waals surface area contributed by atoms with E-state index in [2.05, 4.69) is 15.0 Å². The molecule has 0 aliphatic rings. The predicted octanol–water partition coefficient (Wildman–Crippen LogP) is 1.15. The molecular formula is C11H9N5O2S. The summed E-state index contributed by atoms with van der Waals surface area (Å²) in [6, 6.07) is 5.33. The van der Waals surface area contributed by atoms with Crippen molar-refractivity contribution >= 4 is 33.5 Å². The van der Waals surface area contributed by atoms with Gasteiger partial charge in [0.15, 0.2) is 11.5 Å². The summed E-state index contributed by atoms with van der Waals surface area (Å²) in [5.74, 6) is -0.514. The van der Waals surface area contributed by atoms with E-state index < -0.39 is 5.76 Å². The molecule has 2 heterocycles. The van der Waals surface area contributed by atoms with Crippen LogP contribution < -0.4 is 17.2 Å². The van der Waals surface area contributed by atoms with E-state index in [1.807, 2.05) is 11.4 Å². The maximum Gasteiger partial charge on any atom is 0.417 e. The Morgan fingerprint density at radius 3 is 3.05 bits per heavy atom. The molecule has 0 unspecified atom stereocenters. The van der Waals surface area contributed by atoms with Crippen LogP contribution in [0.3, 0.4) is 0 Å². The van der Waals surface area contributed by atoms with Gasteiger partial charge in [-0.2, -0.15) is 4.99 Å². The van der Waals surface area contributed by atoms with Crippen LogP contribution in [0, 0.1) is 0 Å². The van der Waals surface area contributed by atoms with Gasteiger partial charge >= 0.3 is 5.76 Å². The molecule has 0 saturated heterocycles. The van der Waals surface area contributed by atoms with Crippen molar-refractivity contribution < 1.29 is 4.42 Å². The lowest BCUT2D eigenvalue weighted by Gasteiger charge is -1.95. The van der Waals surface area contributed by atoms with Crippen LogP contribution in [0.4, 0.5) is 5.13 Å². The smallest absolute Gasteiger partial charge is 0.408 e. The molecule has 96 valence electrons. The van der Waals surface area contributed by atoms with Crippen LogP contribution in [0.1, 0.15) is 0 Å². The standard InChI is InChI=1S/C11H9N5O2S/c12-9(13)16-10-14-7(4-19-10)5-1-2-6-8(3-5)18-11(17)15-6/h1-4H,(H,15,17)(H4,12,13,14,16). The lowest BCUT2D eigenvalue weighted by Crippen LogP contribution is -2.21. The van der Waals surface area contributed by atoms with E-state index in [1.165, 1.54) is 11.3 Å². The molecule has 0 radical (unpaired) electrons. The molecule has 0 amide bonds. The Balaban J connectivity index is 2.06. The summed E-state index contributed by atoms with van der Waals surface area (Å²) < 4.78 is 5.00. The first kappa shape index (κ1) is 11.5. The van der Waals surface area contributed by atoms with Crippen molar-refractivity contribution in [2.24, 2.45) is 16.5 Å². The molecule has 0 spiro atoms. The average molecular weight is 275 g/mol. The van der Waals surface area contributed by atoms with Crippen LogP contribution in [0.15, 0.2) is 37.8 Å². The number of fused-ring (bicyclic) bond motifs is 1. The summed E-state index contributed by atoms with van der Waals surface area (Å²) in [6.07, 6.45) is 0. The summed E-state index contributed by atoms with van der Waals surface area (Å²) in [5, 5.41) is 2.30. The molecule has 0 fully saturated rings. The number of hydrogen-bond acceptors (Lipinski definition) is 5. The highest BCUT2D eigenvalue weighted by Gasteiger charge is 2.07. The zero-order chi connectivity index (χ0) is 13.4. The van der Waals surface area contributed by atoms with Gasteiger partial charge in [0, 0.05) is 10.9 Å². The Morgan fingerprint density at radius 1 is 1.42 bits per heavy atom. The van der Waals surface area contributed by atoms with Gasteiger partial charge in [0.1, 0.15) is 0 Å². The van der Waals surface area contributed by atoms with Gasteiger partial charge in [0.25, 0.3) is 0 Å². The normalized spacial score (nSPS) is 10.7. The van der Waals surface area contributed by atoms with Crippen molar-refractivity contribution in [1.29, 1.82) is 0 Å². The van der Waals surface area contributed by atoms with E-state index in [9.17, 15) is 4.79 Å². The first-order valence-electron chi connectivity index (χ1n) is 5.30. The number of aromatic amines is 1. The number of hydrogen-bond donors (Lipinski definition) is 3. The molecule has 3 aromatic rings. The molecule has 0 atom stereocenters. The van der Waals surface area contributed by atoms with Crippen LogP contribution in [0.25, 0.3) is 22.4 Å². The highest BCUT2D eigenvalue weighted by atomic mass is 32.1. The molecule has 5 N–H and O–H groups in total. The minimum atomic E-state index is -0.480. The molecule has 0 aliphatic carbocycles. The number of benzene rings is 1. The fourth-order valence-electron chi connectivity index (χ4n) is 1.66. The fourth-order valence-corrected chi connectivity index (χ4v) is 2.38. The summed E-state index contributed by atoms with van der Waals surface area (Å²) in [6.45, 7) is 0. The highest BCUT2D eigenvalue weighted by Crippen LogP contribution is 2.28. The minimum absolute atomic E-state index is 0.0343. The minimum Gasteiger partial charge on any atom is -0.408 e. The number of aliphatic imine (C=N–C) groups is 1. The topological polar surface area (TPSA) is 123 Å². The molecule has 8 heteroatoms. The summed E-state index contributed by atoms with van der Waals surface area (Å²) in [5.41, 5.74) is 13.3. The van der Waals surface area contributed by atoms with Gasteiger partial charge in [-0.25, -0.2) is 9.78 Å². The zero-order valence-electron chi connectivity index (χ0n) is 9.58. The number of aromatic nitrogens is 2. The molecule has 0 aliphatic heterocycles. The van der Waals surface area contributed by atoms with Gasteiger partial charge in [-0.05, 0) is 12.1 Å². The quantitative estimate of drug-likeness (QED) is 0.478. The van der Waals surface area contributed by atoms with Crippen LogP contribution in [0.2, 0.25) is 0 Å². The third-order valence-corrected chi connectivity index (χ3v) is 3.17. The number of nitrogens with one attached hydrogen (secondary N) is 1. The van der Waals surface area contributed by atoms with Crippen molar-refractivity contribution in [3.8, 4) is 11.3 Å². The third-order valence-electron chi connectivity index (χ3n) is 2.43. The van der Waals surface area contributed by atoms with Gasteiger partial charge in [0.2, 0.25) is 5.13 Å². The van der Waals surface area contributed by atoms with Gasteiger partial charge in [-0.15, -0.1) is 11.3 Å². The molecule has 7 nitrogen and oxygen atoms in total. The SMILES string of the molecule is NC(N)=Nc1nc(-c2ccc3[nH]c(=O)oc3c2)cs1. The highest BCUT2D eigenvalue weighted by molar-refractivity contribution is 7.13. The van der Waals surface area contributed by atoms with Crippen LogP contribution in [0.5, 0.6) is 0 Å². The lowest BCUT2D eigenvalue weighted by molar-refractivity contribution is 0.555. The summed E-state index contributed by atoms with van der Waals surface area (Å²) >= 11 is 1.32. The Bertz CT molecular complexity index is 825. The van der Waals surface area contributed by atoms with E-state index in [4.69, 9.17) is 15.9 Å². The summed E-state index contributed by atoms with van der Waals surface area (Å²) in [7, 11) is 0. The molecular weight excluding hydrogens is 266 g/mol. The largest absolute Gasteiger partial charge is 0.417 e. The van der Waals surface area contributed by atoms with Gasteiger partial charge < -0.3 is 15.9 Å². The molecule has 3 rings (SSSR count). The maximum atomic E-state index is 11.1. The summed E-state index contributed by atoms with van der Waals surface area (Å²) in [4.78, 5) is 21.8. The van der Waals surface area contributed by atoms with E-state index in [0.717, 1.165) is 11.3 Å². The molecule has 19 heavy (non-hydrogen) atoms. The molecule has 1 aromatic carbocycles. The number of guanidine groups is 1. The van der Waals surface area contributed by atoms with Crippen molar-refractivity contribution in [1.82, 2.24) is 9.97 Å². The Morgan fingerprint density at radius 2 is 2.26 bits per heavy atom. The van der Waals surface area contributed by atoms with Crippen molar-refractivity contribution in [2.45, 2.75) is 0 Å². The predicted molar refractivity (Wildman–Crippen MR) is 73.4 cm³/mol. The number of nitrogens with zero attached hydrogens (tertiary/aromatic N) is 2. The first-order valence-corrected chi connectivity index (χ1v) is 6.18. The van der Waals surface area contributed by atoms with Crippen LogP contribution >= 0.6 is 11.3 Å². The maximum absolute atomic E-state index is 11.1. The zero-order valence-corrected chi connectivity index (χ0v) is 10.4. The van der Waals surface area contributed by atoms with E-state index in [0.29, 0.717) is 16.2 Å². The van der Waals surface area contributed by atoms with Crippen LogP contribution in [-0.2, 0) is 0 Å². The molecule has 0 saturated carbocycles. The first-order chi connectivity index (χ1) is 9.11. The number of thiazole rings is 1. The molecule has 2 aromatic heterocycles. The van der Waals surface area contributed by atoms with E-state index >= 15 is 0 Å². The monoisotopic (exact) mass is 275 g/mol. The fraction of sp³-hybridized carbons (Fsp3) is 0. The van der Waals surface area contributed by atoms with Crippen molar-refractivity contribution in [3.63, 3.8) is 0 Å². The van der Waals surface area contributed by atoms with Gasteiger partial charge in [-0.1, -0.05) is 6.07 Å². The Kier molecular flexibility index (Phi) is 2.57. The number of nitrogens with two attached hydrogens (primary N) is 2. The second-order valence-corrected chi connectivity index (χ2v) is 4.61. The number of rotatable bonds is 2. The van der Waals surface area contributed by atoms with Crippen LogP contribution in [-0.4, -0.2) is 15.9 Å². The van der Waals surface area contributed by atoms with E-state index in [-0.39, 0.29) is 5.96 Å². The van der Waals surface area contributed by atoms with Crippen molar-refractivity contribution in [2.75, 3.05) is 0 Å². The van der Waals surface area contributed by atoms with Gasteiger partial charge in [-0.3, -0.25) is 4.98 Å². The van der Waals surface area contributed by atoms with E-state index in [1.54, 1.807) is 12.1 Å². The lowest BCUT2D eigenvalue weighted by atomic mass is 10.1. The average Bonchev–Trinajstić information content (AvgIpc) is 2.92. The third kappa shape index (κ3) is 2.20. The molecule has 0 bridgehead atoms. The second kappa shape index (κ2) is 4.25. The number of oxazole rings is 1. The second-order valence-electron chi connectivity index (χ2n) is 3.78. The Labute approximate surface area is 110 Å². The van der Waals surface area contributed by atoms with Crippen molar-refractivity contribution in [3.05, 3.63) is 34.1 Å². The van der Waals surface area contributed by atoms with Gasteiger partial charge in [0.05, 0.1) is 11.2 Å². The number of H-pyrrole nitrogens is 1.